The number of aromatic nitrogens is 1. The molecule has 24 heavy (non-hydrogen) atoms. The van der Waals surface area contributed by atoms with Gasteiger partial charge in [-0.3, -0.25) is 10.2 Å². The molecular weight excluding hydrogens is 322 g/mol. The molecule has 0 saturated heterocycles. The quantitative estimate of drug-likeness (QED) is 0.255. The molecule has 0 saturated carbocycles. The van der Waals surface area contributed by atoms with Crippen molar-refractivity contribution in [2.75, 3.05) is 15.8 Å². The van der Waals surface area contributed by atoms with Crippen LogP contribution < -0.4 is 15.8 Å². The molecular formula is C17H19N5OS. The van der Waals surface area contributed by atoms with E-state index in [1.807, 2.05) is 12.1 Å². The minimum Gasteiger partial charge on any atom is -0.385 e. The summed E-state index contributed by atoms with van der Waals surface area (Å²) in [5, 5.41) is 11.1. The van der Waals surface area contributed by atoms with E-state index >= 15 is 0 Å². The van der Waals surface area contributed by atoms with Crippen LogP contribution in [0.3, 0.4) is 0 Å². The molecule has 0 unspecified atom stereocenters. The molecule has 6 nitrogen and oxygen atoms in total. The zero-order chi connectivity index (χ0) is 17.4. The van der Waals surface area contributed by atoms with Crippen LogP contribution in [0, 0.1) is 5.41 Å². The smallest absolute Gasteiger partial charge is 0.155 e. The molecule has 7 heteroatoms. The summed E-state index contributed by atoms with van der Waals surface area (Å²) in [5.74, 6) is 1.56. The van der Waals surface area contributed by atoms with E-state index in [4.69, 9.17) is 11.1 Å². The minimum atomic E-state index is 0.0561. The fourth-order valence-corrected chi connectivity index (χ4v) is 2.36. The number of carbonyl (C=O) groups excluding carboxylic acids is 1. The Hall–Kier alpha value is -2.80. The van der Waals surface area contributed by atoms with Crippen LogP contribution in [-0.4, -0.2) is 22.7 Å². The summed E-state index contributed by atoms with van der Waals surface area (Å²) in [6.45, 7) is 2.06. The highest BCUT2D eigenvalue weighted by Gasteiger charge is 2.12. The van der Waals surface area contributed by atoms with Crippen LogP contribution in [0.25, 0.3) is 0 Å². The third-order valence-corrected chi connectivity index (χ3v) is 3.78. The Balaban J connectivity index is 2.18. The lowest BCUT2D eigenvalue weighted by molar-refractivity contribution is -0.104. The second-order valence-electron chi connectivity index (χ2n) is 4.77. The van der Waals surface area contributed by atoms with Gasteiger partial charge in [-0.2, -0.15) is 0 Å². The Morgan fingerprint density at radius 1 is 1.29 bits per heavy atom. The second kappa shape index (κ2) is 8.73. The number of anilines is 2. The zero-order valence-electron chi connectivity index (χ0n) is 13.2. The zero-order valence-corrected chi connectivity index (χ0v) is 14.1. The van der Waals surface area contributed by atoms with E-state index in [9.17, 15) is 4.79 Å². The maximum Gasteiger partial charge on any atom is 0.155 e. The Labute approximate surface area is 145 Å². The van der Waals surface area contributed by atoms with Gasteiger partial charge in [0.25, 0.3) is 0 Å². The predicted octanol–water partition coefficient (Wildman–Crippen LogP) is 3.01. The number of nitrogens with zero attached hydrogens (tertiary/aromatic N) is 1. The molecule has 1 heterocycles. The third kappa shape index (κ3) is 4.60. The summed E-state index contributed by atoms with van der Waals surface area (Å²) in [6, 6.07) is 12.6. The molecule has 1 aromatic carbocycles. The first kappa shape index (κ1) is 17.6. The normalized spacial score (nSPS) is 11.4. The summed E-state index contributed by atoms with van der Waals surface area (Å²) in [5.41, 5.74) is 7.62. The van der Waals surface area contributed by atoms with Crippen LogP contribution in [0.2, 0.25) is 0 Å². The van der Waals surface area contributed by atoms with Gasteiger partial charge in [0.05, 0.1) is 11.3 Å². The van der Waals surface area contributed by atoms with Gasteiger partial charge < -0.3 is 15.8 Å². The first-order valence-corrected chi connectivity index (χ1v) is 8.34. The number of nitrogens with two attached hydrogens (primary N) is 1. The number of benzene rings is 1. The van der Waals surface area contributed by atoms with Crippen LogP contribution in [0.15, 0.2) is 60.1 Å². The van der Waals surface area contributed by atoms with E-state index in [0.717, 1.165) is 11.4 Å². The number of rotatable bonds is 8. The van der Waals surface area contributed by atoms with Crippen LogP contribution in [0.4, 0.5) is 11.5 Å². The van der Waals surface area contributed by atoms with E-state index in [1.165, 1.54) is 0 Å². The summed E-state index contributed by atoms with van der Waals surface area (Å²) in [6.07, 6.45) is 2.19. The number of hydrogen-bond donors (Lipinski definition) is 4. The molecule has 0 bridgehead atoms. The summed E-state index contributed by atoms with van der Waals surface area (Å²) in [4.78, 5) is 15.5. The monoisotopic (exact) mass is 341 g/mol. The lowest BCUT2D eigenvalue weighted by atomic mass is 10.0. The molecule has 1 aromatic heterocycles. The average Bonchev–Trinajstić information content (AvgIpc) is 2.61. The molecule has 0 atom stereocenters. The molecule has 0 spiro atoms. The van der Waals surface area contributed by atoms with Gasteiger partial charge in [0.2, 0.25) is 0 Å². The van der Waals surface area contributed by atoms with Crippen LogP contribution >= 0.6 is 11.9 Å². The van der Waals surface area contributed by atoms with Crippen molar-refractivity contribution in [2.45, 2.75) is 6.92 Å². The molecule has 0 aliphatic heterocycles. The molecule has 5 N–H and O–H groups in total. The molecule has 2 aromatic rings. The predicted molar refractivity (Wildman–Crippen MR) is 100 cm³/mol. The maximum absolute atomic E-state index is 11.4. The van der Waals surface area contributed by atoms with Crippen LogP contribution in [-0.2, 0) is 4.79 Å². The van der Waals surface area contributed by atoms with Crippen LogP contribution in [0.5, 0.6) is 0 Å². The van der Waals surface area contributed by atoms with Crippen molar-refractivity contribution in [2.24, 2.45) is 5.73 Å². The lowest BCUT2D eigenvalue weighted by Gasteiger charge is -2.11. The van der Waals surface area contributed by atoms with Crippen molar-refractivity contribution in [3.8, 4) is 0 Å². The van der Waals surface area contributed by atoms with Crippen molar-refractivity contribution in [3.05, 3.63) is 65.6 Å². The van der Waals surface area contributed by atoms with Gasteiger partial charge in [-0.15, -0.1) is 0 Å². The molecule has 0 radical (unpaired) electrons. The first-order chi connectivity index (χ1) is 11.7. The third-order valence-electron chi connectivity index (χ3n) is 3.11. The van der Waals surface area contributed by atoms with Crippen molar-refractivity contribution in [1.29, 1.82) is 5.41 Å². The molecule has 0 aliphatic carbocycles. The Morgan fingerprint density at radius 2 is 2.04 bits per heavy atom. The summed E-state index contributed by atoms with van der Waals surface area (Å²) in [7, 11) is 0. The Kier molecular flexibility index (Phi) is 6.39. The number of pyridine rings is 1. The standard InChI is InChI=1S/C17H19N5OS/c1-2-24-22-13-8-6-12(7-9-13)16(18)14(11-23)17(19)21-15-5-3-4-10-20-15/h3-11,18,22H,2,19H2,1H3,(H,20,21)/b17-14+,18-16?. The van der Waals surface area contributed by atoms with E-state index in [1.54, 1.807) is 48.5 Å². The SMILES string of the molecule is CCSNc1ccc(C(=N)/C(C=O)=C(\N)Nc2ccccn2)cc1. The minimum absolute atomic E-state index is 0.0561. The maximum atomic E-state index is 11.4. The van der Waals surface area contributed by atoms with Gasteiger partial charge in [-0.1, -0.05) is 37.1 Å². The number of aldehydes is 1. The topological polar surface area (TPSA) is 104 Å². The highest BCUT2D eigenvalue weighted by Crippen LogP contribution is 2.16. The molecule has 2 rings (SSSR count). The van der Waals surface area contributed by atoms with Crippen molar-refractivity contribution in [3.63, 3.8) is 0 Å². The highest BCUT2D eigenvalue weighted by atomic mass is 32.2. The largest absolute Gasteiger partial charge is 0.385 e. The summed E-state index contributed by atoms with van der Waals surface area (Å²) < 4.78 is 3.18. The van der Waals surface area contributed by atoms with E-state index in [-0.39, 0.29) is 17.1 Å². The van der Waals surface area contributed by atoms with Gasteiger partial charge in [0, 0.05) is 23.2 Å². The Bertz CT molecular complexity index is 728. The second-order valence-corrected chi connectivity index (χ2v) is 5.84. The van der Waals surface area contributed by atoms with Crippen molar-refractivity contribution < 1.29 is 4.79 Å². The molecule has 0 aliphatic rings. The first-order valence-electron chi connectivity index (χ1n) is 7.35. The number of nitrogens with one attached hydrogen (secondary N) is 3. The Morgan fingerprint density at radius 3 is 2.62 bits per heavy atom. The van der Waals surface area contributed by atoms with Gasteiger partial charge in [0.1, 0.15) is 11.6 Å². The molecule has 124 valence electrons. The fourth-order valence-electron chi connectivity index (χ4n) is 1.92. The van der Waals surface area contributed by atoms with Gasteiger partial charge in [0.15, 0.2) is 6.29 Å². The fraction of sp³-hybridized carbons (Fsp3) is 0.118. The van der Waals surface area contributed by atoms with Crippen LogP contribution in [0.1, 0.15) is 12.5 Å². The van der Waals surface area contributed by atoms with Crippen molar-refractivity contribution in [1.82, 2.24) is 4.98 Å². The number of carbonyl (C=O) groups is 1. The molecule has 0 amide bonds. The number of allylic oxidation sites excluding steroid dienone is 1. The van der Waals surface area contributed by atoms with E-state index in [0.29, 0.717) is 17.7 Å². The van der Waals surface area contributed by atoms with E-state index in [2.05, 4.69) is 21.9 Å². The van der Waals surface area contributed by atoms with Gasteiger partial charge in [-0.05, 0) is 24.3 Å². The van der Waals surface area contributed by atoms with E-state index < -0.39 is 0 Å². The lowest BCUT2D eigenvalue weighted by Crippen LogP contribution is -2.19. The van der Waals surface area contributed by atoms with Gasteiger partial charge in [-0.25, -0.2) is 4.98 Å². The number of hydrogen-bond acceptors (Lipinski definition) is 7. The average molecular weight is 341 g/mol. The molecule has 0 fully saturated rings. The van der Waals surface area contributed by atoms with Gasteiger partial charge >= 0.3 is 0 Å². The van der Waals surface area contributed by atoms with Crippen molar-refractivity contribution >= 4 is 35.5 Å². The summed E-state index contributed by atoms with van der Waals surface area (Å²) >= 11 is 1.59. The highest BCUT2D eigenvalue weighted by molar-refractivity contribution is 8.00.